The number of halogens is 2. The van der Waals surface area contributed by atoms with Crippen LogP contribution in [0.5, 0.6) is 0 Å². The lowest BCUT2D eigenvalue weighted by molar-refractivity contribution is -0.384. The number of hydrogen-bond donors (Lipinski definition) is 1. The molecule has 0 spiro atoms. The van der Waals surface area contributed by atoms with Gasteiger partial charge in [-0.2, -0.15) is 5.10 Å². The van der Waals surface area contributed by atoms with Gasteiger partial charge in [-0.3, -0.25) is 15.2 Å². The van der Waals surface area contributed by atoms with Gasteiger partial charge in [0.15, 0.2) is 22.2 Å². The van der Waals surface area contributed by atoms with Gasteiger partial charge in [0.05, 0.1) is 11.0 Å². The molecule has 9 heteroatoms. The van der Waals surface area contributed by atoms with Crippen molar-refractivity contribution in [2.45, 2.75) is 0 Å². The van der Waals surface area contributed by atoms with Gasteiger partial charge in [0.1, 0.15) is 5.56 Å². The Morgan fingerprint density at radius 2 is 2.06 bits per heavy atom. The third-order valence-corrected chi connectivity index (χ3v) is 2.72. The number of nitrogens with one attached hydrogen (secondary N) is 1. The number of benzene rings is 1. The Bertz CT molecular complexity index is 694. The highest BCUT2D eigenvalue weighted by molar-refractivity contribution is 7.71. The first-order valence-corrected chi connectivity index (χ1v) is 5.08. The highest BCUT2D eigenvalue weighted by atomic mass is 32.1. The maximum Gasteiger partial charge on any atom is 0.283 e. The first-order chi connectivity index (χ1) is 8.41. The first kappa shape index (κ1) is 12.3. The zero-order valence-corrected chi connectivity index (χ0v) is 9.79. The van der Waals surface area contributed by atoms with Crippen LogP contribution in [0.2, 0.25) is 0 Å². The third-order valence-electron chi connectivity index (χ3n) is 2.36. The van der Waals surface area contributed by atoms with Crippen LogP contribution >= 0.6 is 12.2 Å². The summed E-state index contributed by atoms with van der Waals surface area (Å²) in [5.41, 5.74) is -0.722. The van der Waals surface area contributed by atoms with Crippen LogP contribution in [0.15, 0.2) is 12.1 Å². The quantitative estimate of drug-likeness (QED) is 0.517. The molecule has 0 atom stereocenters. The molecule has 2 aromatic rings. The fourth-order valence-corrected chi connectivity index (χ4v) is 1.59. The van der Waals surface area contributed by atoms with E-state index in [0.717, 1.165) is 6.07 Å². The maximum absolute atomic E-state index is 13.2. The molecule has 0 saturated carbocycles. The van der Waals surface area contributed by atoms with Crippen LogP contribution in [0, 0.1) is 26.5 Å². The van der Waals surface area contributed by atoms with Crippen molar-refractivity contribution < 1.29 is 13.7 Å². The zero-order chi connectivity index (χ0) is 13.4. The van der Waals surface area contributed by atoms with Gasteiger partial charge >= 0.3 is 0 Å². The minimum atomic E-state index is -1.29. The highest BCUT2D eigenvalue weighted by Crippen LogP contribution is 2.30. The third kappa shape index (κ3) is 1.88. The topological polar surface area (TPSA) is 76.8 Å². The van der Waals surface area contributed by atoms with Crippen LogP contribution in [0.1, 0.15) is 0 Å². The van der Waals surface area contributed by atoms with Crippen LogP contribution in [0.25, 0.3) is 11.4 Å². The lowest BCUT2D eigenvalue weighted by atomic mass is 10.1. The molecular weight excluding hydrogens is 266 g/mol. The van der Waals surface area contributed by atoms with Crippen molar-refractivity contribution in [2.75, 3.05) is 0 Å². The summed E-state index contributed by atoms with van der Waals surface area (Å²) in [4.78, 5) is 10.0. The standard InChI is InChI=1S/C9H6F2N4O2S/c1-14-8(12-13-9(14)18)4-2-5(10)6(11)3-7(4)15(16)17/h2-3H,1H3,(H,13,18). The van der Waals surface area contributed by atoms with Gasteiger partial charge in [-0.25, -0.2) is 8.78 Å². The van der Waals surface area contributed by atoms with E-state index in [2.05, 4.69) is 10.2 Å². The molecule has 0 fully saturated rings. The number of nitro groups is 1. The van der Waals surface area contributed by atoms with E-state index in [1.807, 2.05) is 0 Å². The summed E-state index contributed by atoms with van der Waals surface area (Å²) in [6, 6.07) is 1.24. The van der Waals surface area contributed by atoms with E-state index in [9.17, 15) is 18.9 Å². The molecule has 0 aliphatic heterocycles. The molecule has 94 valence electrons. The zero-order valence-electron chi connectivity index (χ0n) is 8.98. The summed E-state index contributed by atoms with van der Waals surface area (Å²) < 4.78 is 27.7. The molecule has 2 rings (SSSR count). The number of nitrogens with zero attached hydrogens (tertiary/aromatic N) is 3. The molecule has 0 unspecified atom stereocenters. The second-order valence-electron chi connectivity index (χ2n) is 3.45. The summed E-state index contributed by atoms with van der Waals surface area (Å²) in [6.45, 7) is 0. The summed E-state index contributed by atoms with van der Waals surface area (Å²) in [5, 5.41) is 17.0. The van der Waals surface area contributed by atoms with E-state index < -0.39 is 22.2 Å². The van der Waals surface area contributed by atoms with Crippen LogP contribution in [-0.4, -0.2) is 19.7 Å². The predicted octanol–water partition coefficient (Wildman–Crippen LogP) is 2.33. The molecule has 1 N–H and O–H groups in total. The molecule has 18 heavy (non-hydrogen) atoms. The molecule has 1 heterocycles. The SMILES string of the molecule is Cn1c(-c2cc(F)c(F)cc2[N+](=O)[O-])n[nH]c1=S. The maximum atomic E-state index is 13.2. The van der Waals surface area contributed by atoms with Crippen molar-refractivity contribution in [3.63, 3.8) is 0 Å². The van der Waals surface area contributed by atoms with Crippen molar-refractivity contribution in [2.24, 2.45) is 7.05 Å². The number of aromatic amines is 1. The molecule has 0 aliphatic carbocycles. The largest absolute Gasteiger partial charge is 0.303 e. The van der Waals surface area contributed by atoms with E-state index in [1.54, 1.807) is 0 Å². The van der Waals surface area contributed by atoms with E-state index in [1.165, 1.54) is 11.6 Å². The lowest BCUT2D eigenvalue weighted by Crippen LogP contribution is -2.00. The summed E-state index contributed by atoms with van der Waals surface area (Å²) in [5.74, 6) is -2.42. The minimum Gasteiger partial charge on any atom is -0.303 e. The molecule has 0 saturated heterocycles. The number of aromatic nitrogens is 3. The summed E-state index contributed by atoms with van der Waals surface area (Å²) in [6.07, 6.45) is 0. The molecule has 0 radical (unpaired) electrons. The Morgan fingerprint density at radius 1 is 1.44 bits per heavy atom. The monoisotopic (exact) mass is 272 g/mol. The number of H-pyrrole nitrogens is 1. The minimum absolute atomic E-state index is 0.0607. The van der Waals surface area contributed by atoms with Gasteiger partial charge in [0.25, 0.3) is 5.69 Å². The second-order valence-corrected chi connectivity index (χ2v) is 3.84. The highest BCUT2D eigenvalue weighted by Gasteiger charge is 2.23. The Labute approximate surface area is 104 Å². The predicted molar refractivity (Wildman–Crippen MR) is 60.4 cm³/mol. The van der Waals surface area contributed by atoms with E-state index >= 15 is 0 Å². The summed E-state index contributed by atoms with van der Waals surface area (Å²) >= 11 is 4.85. The normalized spacial score (nSPS) is 10.6. The van der Waals surface area contributed by atoms with Crippen molar-refractivity contribution >= 4 is 17.9 Å². The smallest absolute Gasteiger partial charge is 0.283 e. The van der Waals surface area contributed by atoms with Gasteiger partial charge in [-0.1, -0.05) is 0 Å². The lowest BCUT2D eigenvalue weighted by Gasteiger charge is -2.03. The van der Waals surface area contributed by atoms with Gasteiger partial charge in [-0.05, 0) is 18.3 Å². The molecule has 1 aromatic heterocycles. The van der Waals surface area contributed by atoms with Crippen LogP contribution in [-0.2, 0) is 7.05 Å². The van der Waals surface area contributed by atoms with Gasteiger partial charge < -0.3 is 4.57 Å². The molecule has 1 aromatic carbocycles. The number of rotatable bonds is 2. The number of nitro benzene ring substituents is 1. The van der Waals surface area contributed by atoms with Crippen LogP contribution in [0.3, 0.4) is 0 Å². The Balaban J connectivity index is 2.78. The van der Waals surface area contributed by atoms with Gasteiger partial charge in [0, 0.05) is 7.05 Å². The van der Waals surface area contributed by atoms with Crippen molar-refractivity contribution in [3.8, 4) is 11.4 Å². The van der Waals surface area contributed by atoms with Crippen LogP contribution < -0.4 is 0 Å². The molecule has 0 bridgehead atoms. The van der Waals surface area contributed by atoms with E-state index in [0.29, 0.717) is 6.07 Å². The average Bonchev–Trinajstić information content (AvgIpc) is 2.63. The fraction of sp³-hybridized carbons (Fsp3) is 0.111. The molecule has 0 amide bonds. The molecular formula is C9H6F2N4O2S. The van der Waals surface area contributed by atoms with Gasteiger partial charge in [0.2, 0.25) is 0 Å². The van der Waals surface area contributed by atoms with E-state index in [-0.39, 0.29) is 16.2 Å². The second kappa shape index (κ2) is 4.26. The first-order valence-electron chi connectivity index (χ1n) is 4.67. The summed E-state index contributed by atoms with van der Waals surface area (Å²) in [7, 11) is 1.51. The van der Waals surface area contributed by atoms with Crippen molar-refractivity contribution in [3.05, 3.63) is 38.7 Å². The Morgan fingerprint density at radius 3 is 2.56 bits per heavy atom. The van der Waals surface area contributed by atoms with Gasteiger partial charge in [-0.15, -0.1) is 0 Å². The van der Waals surface area contributed by atoms with Crippen molar-refractivity contribution in [1.82, 2.24) is 14.8 Å². The molecule has 0 aliphatic rings. The van der Waals surface area contributed by atoms with Crippen LogP contribution in [0.4, 0.5) is 14.5 Å². The number of hydrogen-bond acceptors (Lipinski definition) is 4. The Kier molecular flexibility index (Phi) is 2.91. The van der Waals surface area contributed by atoms with E-state index in [4.69, 9.17) is 12.2 Å². The Hall–Kier alpha value is -2.16. The average molecular weight is 272 g/mol. The fourth-order valence-electron chi connectivity index (χ4n) is 1.45. The molecule has 6 nitrogen and oxygen atoms in total. The van der Waals surface area contributed by atoms with Crippen molar-refractivity contribution in [1.29, 1.82) is 0 Å².